The lowest BCUT2D eigenvalue weighted by Crippen LogP contribution is -2.08. The van der Waals surface area contributed by atoms with E-state index in [0.29, 0.717) is 18.6 Å². The van der Waals surface area contributed by atoms with Crippen LogP contribution in [-0.2, 0) is 9.53 Å². The van der Waals surface area contributed by atoms with Gasteiger partial charge >= 0.3 is 5.97 Å². The van der Waals surface area contributed by atoms with Crippen LogP contribution < -0.4 is 0 Å². The molecule has 0 spiro atoms. The monoisotopic (exact) mass is 222 g/mol. The molecule has 2 atom stereocenters. The summed E-state index contributed by atoms with van der Waals surface area (Å²) in [5.74, 6) is -0.526. The molecule has 2 nitrogen and oxygen atoms in total. The Bertz CT molecular complexity index is 389. The molecule has 0 heterocycles. The van der Waals surface area contributed by atoms with Crippen molar-refractivity contribution in [1.82, 2.24) is 0 Å². The molecule has 1 aromatic rings. The molecule has 1 fully saturated rings. The molecule has 0 N–H and O–H groups in total. The van der Waals surface area contributed by atoms with Crippen LogP contribution in [0.4, 0.5) is 4.39 Å². The van der Waals surface area contributed by atoms with Gasteiger partial charge in [0.05, 0.1) is 12.5 Å². The highest BCUT2D eigenvalue weighted by molar-refractivity contribution is 5.77. The summed E-state index contributed by atoms with van der Waals surface area (Å²) in [7, 11) is 0. The number of ether oxygens (including phenoxy) is 1. The second-order valence-electron chi connectivity index (χ2n) is 4.14. The molecule has 2 unspecified atom stereocenters. The van der Waals surface area contributed by atoms with Crippen molar-refractivity contribution in [1.29, 1.82) is 0 Å². The molecular weight excluding hydrogens is 207 g/mol. The predicted octanol–water partition coefficient (Wildman–Crippen LogP) is 2.88. The molecule has 0 aliphatic heterocycles. The highest BCUT2D eigenvalue weighted by Crippen LogP contribution is 2.48. The van der Waals surface area contributed by atoms with Gasteiger partial charge in [0.25, 0.3) is 0 Å². The van der Waals surface area contributed by atoms with Gasteiger partial charge in [-0.3, -0.25) is 4.79 Å². The number of rotatable bonds is 4. The molecule has 0 radical (unpaired) electrons. The van der Waals surface area contributed by atoms with Crippen LogP contribution >= 0.6 is 0 Å². The van der Waals surface area contributed by atoms with Crippen LogP contribution in [0.5, 0.6) is 0 Å². The lowest BCUT2D eigenvalue weighted by molar-refractivity contribution is -0.145. The summed E-state index contributed by atoms with van der Waals surface area (Å²) in [4.78, 5) is 11.5. The van der Waals surface area contributed by atoms with Crippen LogP contribution in [-0.4, -0.2) is 12.6 Å². The third-order valence-electron chi connectivity index (χ3n) is 2.85. The maximum absolute atomic E-state index is 13.4. The Morgan fingerprint density at radius 3 is 2.94 bits per heavy atom. The molecule has 0 saturated heterocycles. The number of benzene rings is 1. The molecule has 2 rings (SSSR count). The first-order chi connectivity index (χ1) is 7.74. The van der Waals surface area contributed by atoms with Crippen LogP contribution in [0.1, 0.15) is 31.2 Å². The second-order valence-corrected chi connectivity index (χ2v) is 4.14. The third kappa shape index (κ3) is 2.23. The summed E-state index contributed by atoms with van der Waals surface area (Å²) in [5, 5.41) is 0. The second kappa shape index (κ2) is 4.64. The van der Waals surface area contributed by atoms with Gasteiger partial charge in [0.1, 0.15) is 5.82 Å². The first kappa shape index (κ1) is 11.1. The molecule has 3 heteroatoms. The highest BCUT2D eigenvalue weighted by atomic mass is 19.1. The van der Waals surface area contributed by atoms with Gasteiger partial charge in [0, 0.05) is 5.92 Å². The van der Waals surface area contributed by atoms with Gasteiger partial charge in [-0.2, -0.15) is 0 Å². The van der Waals surface area contributed by atoms with Gasteiger partial charge in [-0.1, -0.05) is 25.1 Å². The minimum absolute atomic E-state index is 0.0190. The Morgan fingerprint density at radius 1 is 1.50 bits per heavy atom. The fraction of sp³-hybridized carbons (Fsp3) is 0.462. The van der Waals surface area contributed by atoms with Gasteiger partial charge in [-0.25, -0.2) is 4.39 Å². The van der Waals surface area contributed by atoms with Crippen molar-refractivity contribution in [3.63, 3.8) is 0 Å². The smallest absolute Gasteiger partial charge is 0.309 e. The zero-order chi connectivity index (χ0) is 11.5. The molecule has 1 aliphatic rings. The molecule has 0 amide bonds. The average Bonchev–Trinajstić information content (AvgIpc) is 3.06. The molecule has 86 valence electrons. The molecule has 1 aromatic carbocycles. The SMILES string of the molecule is CCCOC(=O)C1CC1c1ccccc1F. The van der Waals surface area contributed by atoms with Crippen LogP contribution in [0, 0.1) is 11.7 Å². The maximum Gasteiger partial charge on any atom is 0.309 e. The molecule has 1 aliphatic carbocycles. The molecule has 0 aromatic heterocycles. The van der Waals surface area contributed by atoms with Gasteiger partial charge in [-0.05, 0) is 24.5 Å². The topological polar surface area (TPSA) is 26.3 Å². The van der Waals surface area contributed by atoms with E-state index in [-0.39, 0.29) is 23.6 Å². The van der Waals surface area contributed by atoms with Crippen LogP contribution in [0.25, 0.3) is 0 Å². The number of esters is 1. The first-order valence-corrected chi connectivity index (χ1v) is 5.65. The summed E-state index contributed by atoms with van der Waals surface area (Å²) < 4.78 is 18.5. The zero-order valence-corrected chi connectivity index (χ0v) is 9.28. The van der Waals surface area contributed by atoms with Gasteiger partial charge < -0.3 is 4.74 Å². The lowest BCUT2D eigenvalue weighted by atomic mass is 10.1. The molecule has 16 heavy (non-hydrogen) atoms. The Hall–Kier alpha value is -1.38. The zero-order valence-electron chi connectivity index (χ0n) is 9.28. The summed E-state index contributed by atoms with van der Waals surface area (Å²) >= 11 is 0. The minimum Gasteiger partial charge on any atom is -0.465 e. The van der Waals surface area contributed by atoms with Crippen molar-refractivity contribution >= 4 is 5.97 Å². The third-order valence-corrected chi connectivity index (χ3v) is 2.85. The Labute approximate surface area is 94.4 Å². The van der Waals surface area contributed by atoms with E-state index in [1.165, 1.54) is 6.07 Å². The summed E-state index contributed by atoms with van der Waals surface area (Å²) in [6, 6.07) is 6.63. The van der Waals surface area contributed by atoms with Gasteiger partial charge in [-0.15, -0.1) is 0 Å². The minimum atomic E-state index is -0.224. The first-order valence-electron chi connectivity index (χ1n) is 5.65. The van der Waals surface area contributed by atoms with E-state index in [0.717, 1.165) is 6.42 Å². The van der Waals surface area contributed by atoms with E-state index in [1.54, 1.807) is 18.2 Å². The van der Waals surface area contributed by atoms with Crippen LogP contribution in [0.2, 0.25) is 0 Å². The normalized spacial score (nSPS) is 22.9. The van der Waals surface area contributed by atoms with Crippen molar-refractivity contribution in [2.75, 3.05) is 6.61 Å². The quantitative estimate of drug-likeness (QED) is 0.732. The van der Waals surface area contributed by atoms with Crippen LogP contribution in [0.15, 0.2) is 24.3 Å². The van der Waals surface area contributed by atoms with E-state index < -0.39 is 0 Å². The summed E-state index contributed by atoms with van der Waals surface area (Å²) in [6.45, 7) is 2.41. The summed E-state index contributed by atoms with van der Waals surface area (Å²) in [6.07, 6.45) is 1.53. The number of halogens is 1. The van der Waals surface area contributed by atoms with Crippen molar-refractivity contribution in [2.24, 2.45) is 5.92 Å². The molecule has 1 saturated carbocycles. The van der Waals surface area contributed by atoms with Crippen molar-refractivity contribution in [3.05, 3.63) is 35.6 Å². The van der Waals surface area contributed by atoms with E-state index in [4.69, 9.17) is 4.74 Å². The van der Waals surface area contributed by atoms with Gasteiger partial charge in [0.15, 0.2) is 0 Å². The maximum atomic E-state index is 13.4. The molecular formula is C13H15FO2. The predicted molar refractivity (Wildman–Crippen MR) is 58.5 cm³/mol. The van der Waals surface area contributed by atoms with E-state index in [1.807, 2.05) is 6.92 Å². The highest BCUT2D eigenvalue weighted by Gasteiger charge is 2.46. The fourth-order valence-corrected chi connectivity index (χ4v) is 1.88. The number of hydrogen-bond donors (Lipinski definition) is 0. The van der Waals surface area contributed by atoms with E-state index in [9.17, 15) is 9.18 Å². The number of carbonyl (C=O) groups excluding carboxylic acids is 1. The van der Waals surface area contributed by atoms with Crippen molar-refractivity contribution < 1.29 is 13.9 Å². The Balaban J connectivity index is 1.96. The average molecular weight is 222 g/mol. The lowest BCUT2D eigenvalue weighted by Gasteiger charge is -2.03. The largest absolute Gasteiger partial charge is 0.465 e. The van der Waals surface area contributed by atoms with E-state index in [2.05, 4.69) is 0 Å². The Kier molecular flexibility index (Phi) is 3.22. The standard InChI is InChI=1S/C13H15FO2/c1-2-7-16-13(15)11-8-10(11)9-5-3-4-6-12(9)14/h3-6,10-11H,2,7-8H2,1H3. The fourth-order valence-electron chi connectivity index (χ4n) is 1.88. The number of hydrogen-bond acceptors (Lipinski definition) is 2. The van der Waals surface area contributed by atoms with Crippen LogP contribution in [0.3, 0.4) is 0 Å². The van der Waals surface area contributed by atoms with Crippen molar-refractivity contribution in [3.8, 4) is 0 Å². The molecule has 0 bridgehead atoms. The van der Waals surface area contributed by atoms with Crippen molar-refractivity contribution in [2.45, 2.75) is 25.7 Å². The van der Waals surface area contributed by atoms with Gasteiger partial charge in [0.2, 0.25) is 0 Å². The summed E-state index contributed by atoms with van der Waals surface area (Å²) in [5.41, 5.74) is 0.640. The van der Waals surface area contributed by atoms with E-state index >= 15 is 0 Å². The Morgan fingerprint density at radius 2 is 2.25 bits per heavy atom. The number of carbonyl (C=O) groups is 1.